The summed E-state index contributed by atoms with van der Waals surface area (Å²) in [4.78, 5) is 0. The first-order chi connectivity index (χ1) is 4.64. The Labute approximate surface area is 64.9 Å². The van der Waals surface area contributed by atoms with Crippen molar-refractivity contribution in [3.05, 3.63) is 0 Å². The quantitative estimate of drug-likeness (QED) is 0.558. The molecule has 1 aliphatic rings. The smallest absolute Gasteiger partial charge is 0.0745 e. The Morgan fingerprint density at radius 2 is 2.30 bits per heavy atom. The van der Waals surface area contributed by atoms with Crippen molar-refractivity contribution >= 4 is 8.58 Å². The Morgan fingerprint density at radius 3 is 2.70 bits per heavy atom. The Balaban J connectivity index is 2.40. The fraction of sp³-hybridized carbons (Fsp3) is 1.00. The van der Waals surface area contributed by atoms with Gasteiger partial charge in [0.15, 0.2) is 0 Å². The summed E-state index contributed by atoms with van der Waals surface area (Å²) in [5.74, 6) is 0.559. The van der Waals surface area contributed by atoms with Crippen LogP contribution >= 0.6 is 8.58 Å². The van der Waals surface area contributed by atoms with E-state index in [9.17, 15) is 0 Å². The molecule has 2 nitrogen and oxygen atoms in total. The molecular weight excluding hydrogens is 143 g/mol. The average molecular weight is 160 g/mol. The minimum Gasteiger partial charge on any atom is -0.302 e. The predicted octanol–water partition coefficient (Wildman–Crippen LogP) is 0.940. The largest absolute Gasteiger partial charge is 0.302 e. The second kappa shape index (κ2) is 3.17. The van der Waals surface area contributed by atoms with Gasteiger partial charge in [0.2, 0.25) is 0 Å². The van der Waals surface area contributed by atoms with Gasteiger partial charge in [0.05, 0.1) is 5.91 Å². The summed E-state index contributed by atoms with van der Waals surface area (Å²) >= 11 is 0. The van der Waals surface area contributed by atoms with E-state index in [-0.39, 0.29) is 0 Å². The molecule has 0 aromatic carbocycles. The molecule has 10 heavy (non-hydrogen) atoms. The van der Waals surface area contributed by atoms with Gasteiger partial charge in [-0.1, -0.05) is 8.58 Å². The van der Waals surface area contributed by atoms with Gasteiger partial charge in [-0.2, -0.15) is 0 Å². The molecule has 3 heteroatoms. The third-order valence-electron chi connectivity index (χ3n) is 1.92. The average Bonchev–Trinajstić information content (AvgIpc) is 1.86. The first-order valence-electron chi connectivity index (χ1n) is 3.82. The van der Waals surface area contributed by atoms with Crippen LogP contribution in [-0.2, 0) is 0 Å². The van der Waals surface area contributed by atoms with E-state index >= 15 is 0 Å². The molecule has 2 unspecified atom stereocenters. The van der Waals surface area contributed by atoms with Crippen LogP contribution in [0.2, 0.25) is 0 Å². The van der Waals surface area contributed by atoms with E-state index in [1.165, 1.54) is 12.6 Å². The van der Waals surface area contributed by atoms with Gasteiger partial charge >= 0.3 is 0 Å². The summed E-state index contributed by atoms with van der Waals surface area (Å²) in [6, 6.07) is 0. The molecule has 60 valence electrons. The topological polar surface area (TPSA) is 24.1 Å². The first kappa shape index (κ1) is 8.45. The first-order valence-corrected chi connectivity index (χ1v) is 5.11. The summed E-state index contributed by atoms with van der Waals surface area (Å²) in [7, 11) is 3.06. The predicted molar refractivity (Wildman–Crippen MR) is 47.9 cm³/mol. The highest BCUT2D eigenvalue weighted by Crippen LogP contribution is 2.27. The Hall–Kier alpha value is 0.350. The molecule has 1 aliphatic heterocycles. The van der Waals surface area contributed by atoms with Gasteiger partial charge in [-0.15, -0.1) is 0 Å². The van der Waals surface area contributed by atoms with Crippen LogP contribution in [0, 0.1) is 0 Å². The van der Waals surface area contributed by atoms with Crippen LogP contribution in [0.1, 0.15) is 20.3 Å². The van der Waals surface area contributed by atoms with Gasteiger partial charge in [0, 0.05) is 5.54 Å². The zero-order valence-electron chi connectivity index (χ0n) is 6.99. The highest BCUT2D eigenvalue weighted by molar-refractivity contribution is 7.38. The molecule has 0 saturated carbocycles. The normalized spacial score (nSPS) is 34.5. The highest BCUT2D eigenvalue weighted by atomic mass is 31.1. The molecule has 1 saturated heterocycles. The minimum atomic E-state index is 0.346. The third-order valence-corrected chi connectivity index (χ3v) is 3.30. The molecule has 0 amide bonds. The van der Waals surface area contributed by atoms with Gasteiger partial charge < -0.3 is 5.32 Å². The van der Waals surface area contributed by atoms with Gasteiger partial charge in [-0.3, -0.25) is 5.32 Å². The fourth-order valence-electron chi connectivity index (χ4n) is 1.22. The number of nitrogens with one attached hydrogen (secondary N) is 2. The van der Waals surface area contributed by atoms with E-state index < -0.39 is 0 Å². The van der Waals surface area contributed by atoms with Crippen LogP contribution in [0.15, 0.2) is 0 Å². The lowest BCUT2D eigenvalue weighted by molar-refractivity contribution is 0.338. The van der Waals surface area contributed by atoms with E-state index in [2.05, 4.69) is 24.5 Å². The van der Waals surface area contributed by atoms with Crippen molar-refractivity contribution in [1.29, 1.82) is 0 Å². The van der Waals surface area contributed by atoms with Crippen LogP contribution in [-0.4, -0.2) is 24.7 Å². The lowest BCUT2D eigenvalue weighted by atomic mass is 10.0. The van der Waals surface area contributed by atoms with Crippen molar-refractivity contribution in [3.63, 3.8) is 0 Å². The summed E-state index contributed by atoms with van der Waals surface area (Å²) in [5.41, 5.74) is 0.346. The van der Waals surface area contributed by atoms with Gasteiger partial charge in [0.1, 0.15) is 0 Å². The van der Waals surface area contributed by atoms with Crippen LogP contribution in [0.25, 0.3) is 0 Å². The lowest BCUT2D eigenvalue weighted by Crippen LogP contribution is -2.52. The minimum absolute atomic E-state index is 0.346. The molecular formula is C7H17N2P. The van der Waals surface area contributed by atoms with Crippen molar-refractivity contribution in [1.82, 2.24) is 10.6 Å². The highest BCUT2D eigenvalue weighted by Gasteiger charge is 2.25. The summed E-state index contributed by atoms with van der Waals surface area (Å²) in [6.45, 7) is 4.53. The standard InChI is InChI=1S/C7H17N2P/c1-7(2)4-5-10-6(8-3)9-7/h6,8-10H,4-5H2,1-3H3. The molecule has 0 bridgehead atoms. The van der Waals surface area contributed by atoms with E-state index in [4.69, 9.17) is 0 Å². The van der Waals surface area contributed by atoms with Crippen molar-refractivity contribution < 1.29 is 0 Å². The van der Waals surface area contributed by atoms with E-state index in [1.54, 1.807) is 0 Å². The summed E-state index contributed by atoms with van der Waals surface area (Å²) < 4.78 is 0. The van der Waals surface area contributed by atoms with E-state index in [0.29, 0.717) is 11.4 Å². The van der Waals surface area contributed by atoms with Gasteiger partial charge in [-0.05, 0) is 33.5 Å². The summed E-state index contributed by atoms with van der Waals surface area (Å²) in [5, 5.41) is 6.80. The Kier molecular flexibility index (Phi) is 2.67. The van der Waals surface area contributed by atoms with Gasteiger partial charge in [-0.25, -0.2) is 0 Å². The number of rotatable bonds is 1. The van der Waals surface area contributed by atoms with Gasteiger partial charge in [0.25, 0.3) is 0 Å². The number of hydrogen-bond donors (Lipinski definition) is 2. The maximum atomic E-state index is 3.54. The lowest BCUT2D eigenvalue weighted by Gasteiger charge is -2.36. The second-order valence-corrected chi connectivity index (χ2v) is 4.94. The molecule has 0 aliphatic carbocycles. The molecule has 0 aromatic heterocycles. The molecule has 0 aromatic rings. The Bertz CT molecular complexity index is 114. The third kappa shape index (κ3) is 2.19. The summed E-state index contributed by atoms with van der Waals surface area (Å²) in [6.07, 6.45) is 2.68. The Morgan fingerprint density at radius 1 is 1.60 bits per heavy atom. The van der Waals surface area contributed by atoms with Crippen LogP contribution in [0.4, 0.5) is 0 Å². The monoisotopic (exact) mass is 160 g/mol. The van der Waals surface area contributed by atoms with E-state index in [1.807, 2.05) is 7.05 Å². The van der Waals surface area contributed by atoms with E-state index in [0.717, 1.165) is 8.58 Å². The van der Waals surface area contributed by atoms with Crippen LogP contribution in [0.3, 0.4) is 0 Å². The second-order valence-electron chi connectivity index (χ2n) is 3.45. The molecule has 0 spiro atoms. The SMILES string of the molecule is CNC1NC(C)(C)CCP1. The molecule has 1 fully saturated rings. The maximum Gasteiger partial charge on any atom is 0.0745 e. The molecule has 0 radical (unpaired) electrons. The maximum absolute atomic E-state index is 3.54. The number of hydrogen-bond acceptors (Lipinski definition) is 2. The zero-order chi connectivity index (χ0) is 7.61. The molecule has 1 heterocycles. The molecule has 2 N–H and O–H groups in total. The van der Waals surface area contributed by atoms with Crippen molar-refractivity contribution in [3.8, 4) is 0 Å². The van der Waals surface area contributed by atoms with Crippen LogP contribution < -0.4 is 10.6 Å². The molecule has 1 rings (SSSR count). The molecule has 2 atom stereocenters. The van der Waals surface area contributed by atoms with Crippen molar-refractivity contribution in [2.45, 2.75) is 31.7 Å². The van der Waals surface area contributed by atoms with Crippen molar-refractivity contribution in [2.24, 2.45) is 0 Å². The van der Waals surface area contributed by atoms with Crippen molar-refractivity contribution in [2.75, 3.05) is 13.2 Å². The fourth-order valence-corrected chi connectivity index (χ4v) is 2.97. The zero-order valence-corrected chi connectivity index (χ0v) is 7.99. The van der Waals surface area contributed by atoms with Crippen LogP contribution in [0.5, 0.6) is 0 Å².